The third-order valence-electron chi connectivity index (χ3n) is 0. The SMILES string of the molecule is FB(F)F.[2H]B=[N-].[2H]B=[N-].[Rh+3]. The van der Waals surface area contributed by atoms with Gasteiger partial charge < -0.3 is 0 Å². The zero-order chi connectivity index (χ0) is 8.99. The first kappa shape index (κ1) is 11.9. The standard InChI is InChI=1S/BF3.2BHN.Rh/c2-1(3)4;2*1-2;/h;2*1H;/q;2*-1;+3/i;2*1D;. The predicted molar refractivity (Wildman–Crippen MR) is 30.1 cm³/mol. The topological polar surface area (TPSA) is 44.6 Å². The largest absolute Gasteiger partial charge is 3.00 e. The smallest absolute Gasteiger partial charge is 3.00 e. The monoisotopic (exact) mass is 225 g/mol. The first-order valence-corrected chi connectivity index (χ1v) is 1.17. The molecule has 0 saturated carbocycles. The molecule has 0 radical (unpaired) electrons. The van der Waals surface area contributed by atoms with Crippen molar-refractivity contribution >= 4 is 22.7 Å². The summed E-state index contributed by atoms with van der Waals surface area (Å²) in [6, 6.07) is 0. The molecule has 0 saturated heterocycles. The zero-order valence-electron chi connectivity index (χ0n) is 6.09. The average Bonchev–Trinajstić information content (AvgIpc) is 1.65. The maximum Gasteiger partial charge on any atom is 3.00 e. The fourth-order valence-corrected chi connectivity index (χ4v) is 0. The van der Waals surface area contributed by atoms with Crippen LogP contribution in [0.15, 0.2) is 0 Å². The molecule has 0 aliphatic rings. The summed E-state index contributed by atoms with van der Waals surface area (Å²) < 4.78 is 40.3. The Hall–Kier alpha value is 0.208. The minimum Gasteiger partial charge on any atom is 3.00 e. The van der Waals surface area contributed by atoms with Crippen molar-refractivity contribution in [1.29, 1.82) is 2.67 Å². The van der Waals surface area contributed by atoms with E-state index in [2.05, 4.69) is 0 Å². The summed E-state index contributed by atoms with van der Waals surface area (Å²) in [6.07, 6.45) is 0. The number of hydrogen-bond acceptors (Lipinski definition) is 0. The van der Waals surface area contributed by atoms with Crippen LogP contribution in [0, 0.1) is 0 Å². The summed E-state index contributed by atoms with van der Waals surface area (Å²) in [5.74, 6) is 0. The molecule has 2 nitrogen and oxygen atoms in total. The van der Waals surface area contributed by atoms with Crippen LogP contribution in [0.25, 0.3) is 10.6 Å². The van der Waals surface area contributed by atoms with Gasteiger partial charge in [-0.1, -0.05) is 0 Å². The quantitative estimate of drug-likeness (QED) is 0.526. The average molecular weight is 224 g/mol. The van der Waals surface area contributed by atoms with Crippen molar-refractivity contribution in [3.05, 3.63) is 10.6 Å². The summed E-state index contributed by atoms with van der Waals surface area (Å²) in [4.78, 5) is 0. The maximum atomic E-state index is 9.67. The second-order valence-corrected chi connectivity index (χ2v) is 0.247. The first-order chi connectivity index (χ1) is 4.56. The molecule has 0 aromatic rings. The van der Waals surface area contributed by atoms with Gasteiger partial charge in [0.25, 0.3) is 0 Å². The zero-order valence-corrected chi connectivity index (χ0v) is 5.73. The van der Waals surface area contributed by atoms with Crippen LogP contribution in [0.1, 0.15) is 0 Å². The van der Waals surface area contributed by atoms with Gasteiger partial charge in [-0.05, 0) is 0 Å². The molecule has 9 heavy (non-hydrogen) atoms. The van der Waals surface area contributed by atoms with E-state index in [1.165, 1.54) is 0 Å². The van der Waals surface area contributed by atoms with Gasteiger partial charge in [0.05, 0.1) is 0 Å². The second-order valence-electron chi connectivity index (χ2n) is 0.247. The molecule has 0 atom stereocenters. The van der Waals surface area contributed by atoms with Crippen LogP contribution in [0.2, 0.25) is 0 Å². The van der Waals surface area contributed by atoms with Gasteiger partial charge >= 0.3 is 55.5 Å². The fraction of sp³-hybridized carbons (Fsp3) is 0. The van der Waals surface area contributed by atoms with Crippen LogP contribution in [0.5, 0.6) is 0 Å². The molecule has 0 rings (SSSR count). The van der Waals surface area contributed by atoms with E-state index >= 15 is 0 Å². The van der Waals surface area contributed by atoms with E-state index in [0.29, 0.717) is 0 Å². The minimum atomic E-state index is -3.67. The number of halogens is 3. The summed E-state index contributed by atoms with van der Waals surface area (Å²) in [7, 11) is -3.17. The van der Waals surface area contributed by atoms with Gasteiger partial charge in [-0.15, -0.1) is 0 Å². The van der Waals surface area contributed by atoms with Gasteiger partial charge in [0.15, 0.2) is 0 Å². The van der Waals surface area contributed by atoms with Gasteiger partial charge in [0.2, 0.25) is 0 Å². The van der Waals surface area contributed by atoms with Crippen molar-refractivity contribution in [2.75, 3.05) is 0 Å². The van der Waals surface area contributed by atoms with Crippen molar-refractivity contribution in [3.8, 4) is 0 Å². The Morgan fingerprint density at radius 2 is 1.22 bits per heavy atom. The number of hydrogen-bond donors (Lipinski definition) is 0. The van der Waals surface area contributed by atoms with E-state index in [1.54, 1.807) is 0 Å². The molecular weight excluding hydrogens is 220 g/mol. The van der Waals surface area contributed by atoms with Crippen molar-refractivity contribution < 1.29 is 32.4 Å². The third-order valence-corrected chi connectivity index (χ3v) is 0. The molecule has 0 amide bonds. The van der Waals surface area contributed by atoms with E-state index in [1.807, 2.05) is 0 Å². The van der Waals surface area contributed by atoms with Crippen LogP contribution < -0.4 is 0 Å². The fourth-order valence-electron chi connectivity index (χ4n) is 0. The van der Waals surface area contributed by atoms with Gasteiger partial charge in [-0.25, -0.2) is 0 Å². The number of nitrogens with zero attached hydrogens (tertiary/aromatic N) is 2. The molecule has 0 heterocycles. The van der Waals surface area contributed by atoms with Crippen molar-refractivity contribution in [1.82, 2.24) is 0 Å². The van der Waals surface area contributed by atoms with Crippen molar-refractivity contribution in [2.45, 2.75) is 0 Å². The van der Waals surface area contributed by atoms with Gasteiger partial charge in [-0.3, -0.25) is 12.9 Å². The molecule has 0 aromatic carbocycles. The Labute approximate surface area is 69.1 Å². The van der Waals surface area contributed by atoms with Crippen LogP contribution in [0.3, 0.4) is 0 Å². The number of rotatable bonds is 0. The van der Waals surface area contributed by atoms with Gasteiger partial charge in [-0.2, -0.15) is 0 Å². The van der Waals surface area contributed by atoms with E-state index in [4.69, 9.17) is 13.3 Å². The van der Waals surface area contributed by atoms with Crippen LogP contribution in [-0.4, -0.2) is 25.4 Å². The van der Waals surface area contributed by atoms with Gasteiger partial charge in [0, 0.05) is 0 Å². The Morgan fingerprint density at radius 3 is 1.22 bits per heavy atom. The first-order valence-electron chi connectivity index (χ1n) is 2.33. The summed E-state index contributed by atoms with van der Waals surface area (Å²) in [6.45, 7) is 0. The summed E-state index contributed by atoms with van der Waals surface area (Å²) >= 11 is 0. The minimum absolute atomic E-state index is 0. The predicted octanol–water partition coefficient (Wildman–Crippen LogP) is 0.158. The van der Waals surface area contributed by atoms with Gasteiger partial charge in [0.1, 0.15) is 0 Å². The molecule has 0 aliphatic heterocycles. The van der Waals surface area contributed by atoms with Crippen molar-refractivity contribution in [3.63, 3.8) is 0 Å². The van der Waals surface area contributed by atoms with E-state index in [-0.39, 0.29) is 34.7 Å². The maximum absolute atomic E-state index is 9.67. The Kier molecular flexibility index (Phi) is 55.0. The second kappa shape index (κ2) is 41.4. The molecule has 0 aliphatic carbocycles. The molecule has 0 N–H and O–H groups in total. The van der Waals surface area contributed by atoms with Crippen molar-refractivity contribution in [2.24, 2.45) is 0 Å². The van der Waals surface area contributed by atoms with Crippen LogP contribution in [0.4, 0.5) is 12.9 Å². The Morgan fingerprint density at radius 1 is 1.22 bits per heavy atom. The van der Waals surface area contributed by atoms with E-state index < -0.39 is 7.54 Å². The van der Waals surface area contributed by atoms with Crippen LogP contribution in [-0.2, 0) is 19.5 Å². The molecular formula is H2B3F3N2Rh+. The Bertz CT molecular complexity index is 66.8. The Balaban J connectivity index is -0.0000000325. The molecule has 0 spiro atoms. The molecule has 9 heteroatoms. The van der Waals surface area contributed by atoms with E-state index in [9.17, 15) is 12.9 Å². The molecule has 0 bridgehead atoms. The van der Waals surface area contributed by atoms with Crippen LogP contribution >= 0.6 is 0 Å². The molecule has 50 valence electrons. The van der Waals surface area contributed by atoms with E-state index in [0.717, 1.165) is 0 Å². The normalized spacial score (nSPS) is 5.22. The summed E-state index contributed by atoms with van der Waals surface area (Å²) in [5, 5.41) is 14.2. The molecule has 0 unspecified atom stereocenters. The molecule has 0 aromatic heterocycles. The molecule has 0 fully saturated rings. The summed E-state index contributed by atoms with van der Waals surface area (Å²) in [5.41, 5.74) is 0. The third kappa shape index (κ3) is 7300.